The summed E-state index contributed by atoms with van der Waals surface area (Å²) in [6, 6.07) is 3.21. The maximum absolute atomic E-state index is 11.2. The fourth-order valence-electron chi connectivity index (χ4n) is 2.93. The van der Waals surface area contributed by atoms with E-state index in [1.165, 1.54) is 0 Å². The Kier molecular flexibility index (Phi) is 4.42. The van der Waals surface area contributed by atoms with E-state index in [0.717, 1.165) is 26.1 Å². The average molecular weight is 278 g/mol. The minimum absolute atomic E-state index is 0.0907. The van der Waals surface area contributed by atoms with Gasteiger partial charge < -0.3 is 10.2 Å². The van der Waals surface area contributed by atoms with Gasteiger partial charge in [0.1, 0.15) is 5.82 Å². The molecular formula is C14H22N4O2. The van der Waals surface area contributed by atoms with Crippen LogP contribution in [0, 0.1) is 22.0 Å². The Morgan fingerprint density at radius 2 is 2.05 bits per heavy atom. The highest BCUT2D eigenvalue weighted by Gasteiger charge is 2.28. The van der Waals surface area contributed by atoms with E-state index in [1.54, 1.807) is 12.1 Å². The Morgan fingerprint density at radius 3 is 2.60 bits per heavy atom. The van der Waals surface area contributed by atoms with Crippen LogP contribution in [-0.4, -0.2) is 29.5 Å². The Bertz CT molecular complexity index is 482. The van der Waals surface area contributed by atoms with Crippen molar-refractivity contribution >= 4 is 17.3 Å². The van der Waals surface area contributed by atoms with E-state index < -0.39 is 0 Å². The van der Waals surface area contributed by atoms with Gasteiger partial charge in [0, 0.05) is 25.7 Å². The van der Waals surface area contributed by atoms with Crippen LogP contribution in [0.4, 0.5) is 17.3 Å². The van der Waals surface area contributed by atoms with Crippen LogP contribution in [0.15, 0.2) is 12.1 Å². The van der Waals surface area contributed by atoms with Crippen molar-refractivity contribution in [3.05, 3.63) is 22.2 Å². The lowest BCUT2D eigenvalue weighted by Crippen LogP contribution is -2.39. The summed E-state index contributed by atoms with van der Waals surface area (Å²) in [4.78, 5) is 17.4. The SMILES string of the molecule is CCNc1ccc([N+](=O)[O-])c(N2CC(C)CC(C)C2)n1. The number of hydrogen-bond donors (Lipinski definition) is 1. The molecule has 1 N–H and O–H groups in total. The Balaban J connectivity index is 2.35. The van der Waals surface area contributed by atoms with Crippen molar-refractivity contribution in [3.63, 3.8) is 0 Å². The molecule has 6 nitrogen and oxygen atoms in total. The molecule has 0 amide bonds. The van der Waals surface area contributed by atoms with Gasteiger partial charge in [-0.15, -0.1) is 0 Å². The van der Waals surface area contributed by atoms with Crippen molar-refractivity contribution in [2.45, 2.75) is 27.2 Å². The van der Waals surface area contributed by atoms with Crippen molar-refractivity contribution in [2.24, 2.45) is 11.8 Å². The highest BCUT2D eigenvalue weighted by Crippen LogP contribution is 2.32. The van der Waals surface area contributed by atoms with Gasteiger partial charge in [0.25, 0.3) is 0 Å². The monoisotopic (exact) mass is 278 g/mol. The second kappa shape index (κ2) is 6.07. The van der Waals surface area contributed by atoms with Gasteiger partial charge in [-0.2, -0.15) is 0 Å². The normalized spacial score (nSPS) is 22.6. The third kappa shape index (κ3) is 3.18. The molecule has 2 rings (SSSR count). The lowest BCUT2D eigenvalue weighted by Gasteiger charge is -2.35. The van der Waals surface area contributed by atoms with Gasteiger partial charge in [-0.1, -0.05) is 13.8 Å². The lowest BCUT2D eigenvalue weighted by atomic mass is 9.92. The van der Waals surface area contributed by atoms with E-state index in [4.69, 9.17) is 0 Å². The molecule has 1 fully saturated rings. The second-order valence-electron chi connectivity index (χ2n) is 5.68. The summed E-state index contributed by atoms with van der Waals surface area (Å²) in [5, 5.41) is 14.3. The number of aromatic nitrogens is 1. The first-order valence-corrected chi connectivity index (χ1v) is 7.15. The van der Waals surface area contributed by atoms with E-state index in [9.17, 15) is 10.1 Å². The summed E-state index contributed by atoms with van der Waals surface area (Å²) in [6.45, 7) is 8.75. The first-order chi connectivity index (χ1) is 9.51. The third-order valence-electron chi connectivity index (χ3n) is 3.58. The first kappa shape index (κ1) is 14.6. The van der Waals surface area contributed by atoms with E-state index in [0.29, 0.717) is 23.5 Å². The second-order valence-corrected chi connectivity index (χ2v) is 5.68. The number of nitro groups is 1. The number of hydrogen-bond acceptors (Lipinski definition) is 5. The molecule has 0 radical (unpaired) electrons. The van der Waals surface area contributed by atoms with Gasteiger partial charge in [0.2, 0.25) is 5.82 Å². The quantitative estimate of drug-likeness (QED) is 0.677. The van der Waals surface area contributed by atoms with Crippen LogP contribution >= 0.6 is 0 Å². The summed E-state index contributed by atoms with van der Waals surface area (Å²) in [7, 11) is 0. The van der Waals surface area contributed by atoms with Gasteiger partial charge in [-0.3, -0.25) is 10.1 Å². The van der Waals surface area contributed by atoms with Crippen LogP contribution < -0.4 is 10.2 Å². The first-order valence-electron chi connectivity index (χ1n) is 7.15. The van der Waals surface area contributed by atoms with Gasteiger partial charge in [0.15, 0.2) is 0 Å². The minimum atomic E-state index is -0.345. The van der Waals surface area contributed by atoms with Gasteiger partial charge in [-0.05, 0) is 31.2 Å². The van der Waals surface area contributed by atoms with Crippen LogP contribution in [0.1, 0.15) is 27.2 Å². The Hall–Kier alpha value is -1.85. The standard InChI is InChI=1S/C14H22N4O2/c1-4-15-13-6-5-12(18(19)20)14(16-13)17-8-10(2)7-11(3)9-17/h5-6,10-11H,4,7-9H2,1-3H3,(H,15,16). The Morgan fingerprint density at radius 1 is 1.40 bits per heavy atom. The average Bonchev–Trinajstić information content (AvgIpc) is 2.37. The summed E-state index contributed by atoms with van der Waals surface area (Å²) in [5.41, 5.74) is 0.0907. The minimum Gasteiger partial charge on any atom is -0.370 e. The van der Waals surface area contributed by atoms with Crippen molar-refractivity contribution < 1.29 is 4.92 Å². The molecule has 0 saturated carbocycles. The highest BCUT2D eigenvalue weighted by molar-refractivity contribution is 5.62. The van der Waals surface area contributed by atoms with E-state index >= 15 is 0 Å². The number of piperidine rings is 1. The maximum atomic E-state index is 11.2. The van der Waals surface area contributed by atoms with E-state index in [2.05, 4.69) is 29.0 Å². The zero-order valence-corrected chi connectivity index (χ0v) is 12.3. The zero-order chi connectivity index (χ0) is 14.7. The predicted molar refractivity (Wildman–Crippen MR) is 80.2 cm³/mol. The molecule has 1 aromatic rings. The predicted octanol–water partition coefficient (Wildman–Crippen LogP) is 2.90. The fourth-order valence-corrected chi connectivity index (χ4v) is 2.93. The molecule has 1 aliphatic heterocycles. The summed E-state index contributed by atoms with van der Waals surface area (Å²) in [5.74, 6) is 2.25. The molecule has 6 heteroatoms. The largest absolute Gasteiger partial charge is 0.370 e. The molecule has 1 aliphatic rings. The van der Waals surface area contributed by atoms with Gasteiger partial charge in [-0.25, -0.2) is 4.98 Å². The van der Waals surface area contributed by atoms with E-state index in [-0.39, 0.29) is 10.6 Å². The molecule has 2 unspecified atom stereocenters. The molecule has 0 aromatic carbocycles. The molecule has 0 spiro atoms. The number of pyridine rings is 1. The topological polar surface area (TPSA) is 71.3 Å². The smallest absolute Gasteiger partial charge is 0.311 e. The molecule has 2 heterocycles. The summed E-state index contributed by atoms with van der Waals surface area (Å²) in [6.07, 6.45) is 1.16. The van der Waals surface area contributed by atoms with Gasteiger partial charge in [0.05, 0.1) is 4.92 Å². The molecule has 0 aliphatic carbocycles. The maximum Gasteiger partial charge on any atom is 0.311 e. The molecule has 1 saturated heterocycles. The number of nitrogens with zero attached hydrogens (tertiary/aromatic N) is 3. The molecule has 20 heavy (non-hydrogen) atoms. The van der Waals surface area contributed by atoms with Crippen LogP contribution in [0.2, 0.25) is 0 Å². The highest BCUT2D eigenvalue weighted by atomic mass is 16.6. The van der Waals surface area contributed by atoms with Crippen LogP contribution in [0.5, 0.6) is 0 Å². The van der Waals surface area contributed by atoms with E-state index in [1.807, 2.05) is 6.92 Å². The van der Waals surface area contributed by atoms with Crippen molar-refractivity contribution in [2.75, 3.05) is 29.9 Å². The number of anilines is 2. The summed E-state index contributed by atoms with van der Waals surface area (Å²) < 4.78 is 0. The van der Waals surface area contributed by atoms with Crippen molar-refractivity contribution in [3.8, 4) is 0 Å². The molecular weight excluding hydrogens is 256 g/mol. The molecule has 0 bridgehead atoms. The zero-order valence-electron chi connectivity index (χ0n) is 12.3. The summed E-state index contributed by atoms with van der Waals surface area (Å²) >= 11 is 0. The fraction of sp³-hybridized carbons (Fsp3) is 0.643. The Labute approximate surface area is 119 Å². The third-order valence-corrected chi connectivity index (χ3v) is 3.58. The van der Waals surface area contributed by atoms with Crippen LogP contribution in [0.3, 0.4) is 0 Å². The van der Waals surface area contributed by atoms with Gasteiger partial charge >= 0.3 is 5.69 Å². The molecule has 2 atom stereocenters. The van der Waals surface area contributed by atoms with Crippen molar-refractivity contribution in [1.29, 1.82) is 0 Å². The molecule has 1 aromatic heterocycles. The van der Waals surface area contributed by atoms with Crippen LogP contribution in [-0.2, 0) is 0 Å². The van der Waals surface area contributed by atoms with Crippen LogP contribution in [0.25, 0.3) is 0 Å². The number of nitrogens with one attached hydrogen (secondary N) is 1. The molecule has 110 valence electrons. The number of rotatable bonds is 4. The lowest BCUT2D eigenvalue weighted by molar-refractivity contribution is -0.384. The van der Waals surface area contributed by atoms with Crippen molar-refractivity contribution in [1.82, 2.24) is 4.98 Å².